The van der Waals surface area contributed by atoms with Crippen molar-refractivity contribution < 1.29 is 5.11 Å². The summed E-state index contributed by atoms with van der Waals surface area (Å²) in [6.45, 7) is 3.31. The van der Waals surface area contributed by atoms with Gasteiger partial charge in [0.05, 0.1) is 6.61 Å². The van der Waals surface area contributed by atoms with E-state index in [1.165, 1.54) is 19.3 Å². The fourth-order valence-corrected chi connectivity index (χ4v) is 3.01. The molecule has 1 fully saturated rings. The standard InChI is InChI=1S/C15H25N3O2/c1-2-9-17-10-8-16-14(15(17)20)18(11-12-19)13-6-4-3-5-7-13/h8,10,13,19H,2-7,9,11-12H2,1H3. The number of aromatic nitrogens is 2. The van der Waals surface area contributed by atoms with Crippen molar-refractivity contribution in [2.45, 2.75) is 58.0 Å². The van der Waals surface area contributed by atoms with Gasteiger partial charge in [-0.2, -0.15) is 0 Å². The maximum absolute atomic E-state index is 12.5. The van der Waals surface area contributed by atoms with Crippen molar-refractivity contribution in [2.24, 2.45) is 0 Å². The number of hydrogen-bond donors (Lipinski definition) is 1. The topological polar surface area (TPSA) is 58.4 Å². The average Bonchev–Trinajstić information content (AvgIpc) is 2.49. The third-order valence-corrected chi connectivity index (χ3v) is 3.99. The molecule has 1 aromatic heterocycles. The molecule has 5 nitrogen and oxygen atoms in total. The summed E-state index contributed by atoms with van der Waals surface area (Å²) in [7, 11) is 0. The Hall–Kier alpha value is -1.36. The summed E-state index contributed by atoms with van der Waals surface area (Å²) in [4.78, 5) is 18.8. The van der Waals surface area contributed by atoms with Gasteiger partial charge in [0.15, 0.2) is 5.82 Å². The first-order chi connectivity index (χ1) is 9.77. The fraction of sp³-hybridized carbons (Fsp3) is 0.733. The molecule has 0 aromatic carbocycles. The van der Waals surface area contributed by atoms with Crippen molar-refractivity contribution in [3.05, 3.63) is 22.7 Å². The van der Waals surface area contributed by atoms with Gasteiger partial charge in [-0.3, -0.25) is 4.79 Å². The molecule has 0 saturated heterocycles. The Bertz CT molecular complexity index is 466. The Kier molecular flexibility index (Phi) is 5.59. The lowest BCUT2D eigenvalue weighted by Gasteiger charge is -2.34. The van der Waals surface area contributed by atoms with Gasteiger partial charge in [0.25, 0.3) is 5.56 Å². The van der Waals surface area contributed by atoms with Gasteiger partial charge in [-0.1, -0.05) is 26.2 Å². The second-order valence-electron chi connectivity index (χ2n) is 5.46. The normalized spacial score (nSPS) is 16.3. The lowest BCUT2D eigenvalue weighted by atomic mass is 9.94. The van der Waals surface area contributed by atoms with E-state index in [0.29, 0.717) is 24.9 Å². The highest BCUT2D eigenvalue weighted by atomic mass is 16.3. The number of anilines is 1. The molecule has 0 aliphatic heterocycles. The molecule has 5 heteroatoms. The largest absolute Gasteiger partial charge is 0.395 e. The summed E-state index contributed by atoms with van der Waals surface area (Å²) < 4.78 is 1.72. The first-order valence-corrected chi connectivity index (χ1v) is 7.71. The van der Waals surface area contributed by atoms with Gasteiger partial charge in [0.2, 0.25) is 0 Å². The van der Waals surface area contributed by atoms with Crippen LogP contribution in [0.15, 0.2) is 17.2 Å². The lowest BCUT2D eigenvalue weighted by Crippen LogP contribution is -2.43. The summed E-state index contributed by atoms with van der Waals surface area (Å²) in [5, 5.41) is 9.31. The SMILES string of the molecule is CCCn1ccnc(N(CCO)C2CCCCC2)c1=O. The molecule has 0 amide bonds. The zero-order chi connectivity index (χ0) is 14.4. The Morgan fingerprint density at radius 3 is 2.80 bits per heavy atom. The number of nitrogens with zero attached hydrogens (tertiary/aromatic N) is 3. The van der Waals surface area contributed by atoms with E-state index < -0.39 is 0 Å². The fourth-order valence-electron chi connectivity index (χ4n) is 3.01. The molecule has 112 valence electrons. The summed E-state index contributed by atoms with van der Waals surface area (Å²) in [6, 6.07) is 0.341. The summed E-state index contributed by atoms with van der Waals surface area (Å²) in [5.74, 6) is 0.502. The number of rotatable bonds is 6. The highest BCUT2D eigenvalue weighted by Gasteiger charge is 2.24. The van der Waals surface area contributed by atoms with Crippen molar-refractivity contribution >= 4 is 5.82 Å². The van der Waals surface area contributed by atoms with Gasteiger partial charge < -0.3 is 14.6 Å². The van der Waals surface area contributed by atoms with E-state index in [2.05, 4.69) is 11.9 Å². The highest BCUT2D eigenvalue weighted by Crippen LogP contribution is 2.24. The van der Waals surface area contributed by atoms with Gasteiger partial charge in [-0.05, 0) is 19.3 Å². The molecule has 0 radical (unpaired) electrons. The van der Waals surface area contributed by atoms with Gasteiger partial charge in [-0.15, -0.1) is 0 Å². The summed E-state index contributed by atoms with van der Waals surface area (Å²) in [5.41, 5.74) is -0.0339. The van der Waals surface area contributed by atoms with Crippen LogP contribution in [0, 0.1) is 0 Å². The minimum Gasteiger partial charge on any atom is -0.395 e. The Morgan fingerprint density at radius 2 is 2.15 bits per heavy atom. The molecule has 2 rings (SSSR count). The van der Waals surface area contributed by atoms with Crippen molar-refractivity contribution in [1.29, 1.82) is 0 Å². The minimum atomic E-state index is -0.0339. The molecule has 1 N–H and O–H groups in total. The molecule has 1 aromatic rings. The number of aliphatic hydroxyl groups excluding tert-OH is 1. The van der Waals surface area contributed by atoms with E-state index in [4.69, 9.17) is 0 Å². The van der Waals surface area contributed by atoms with Crippen LogP contribution in [-0.4, -0.2) is 33.9 Å². The van der Waals surface area contributed by atoms with Gasteiger partial charge in [0.1, 0.15) is 0 Å². The zero-order valence-electron chi connectivity index (χ0n) is 12.3. The van der Waals surface area contributed by atoms with E-state index in [-0.39, 0.29) is 12.2 Å². The van der Waals surface area contributed by atoms with Gasteiger partial charge in [0, 0.05) is 31.5 Å². The molecular formula is C15H25N3O2. The van der Waals surface area contributed by atoms with Crippen LogP contribution in [0.2, 0.25) is 0 Å². The first kappa shape index (κ1) is 15.0. The van der Waals surface area contributed by atoms with E-state index in [0.717, 1.165) is 19.3 Å². The van der Waals surface area contributed by atoms with E-state index in [1.54, 1.807) is 17.0 Å². The van der Waals surface area contributed by atoms with Gasteiger partial charge in [-0.25, -0.2) is 4.98 Å². The van der Waals surface area contributed by atoms with Crippen molar-refractivity contribution in [3.63, 3.8) is 0 Å². The van der Waals surface area contributed by atoms with E-state index >= 15 is 0 Å². The smallest absolute Gasteiger partial charge is 0.293 e. The molecule has 1 aliphatic carbocycles. The van der Waals surface area contributed by atoms with E-state index in [1.807, 2.05) is 4.90 Å². The molecule has 0 atom stereocenters. The van der Waals surface area contributed by atoms with Crippen LogP contribution in [-0.2, 0) is 6.54 Å². The number of aryl methyl sites for hydroxylation is 1. The molecule has 1 aliphatic rings. The minimum absolute atomic E-state index is 0.0339. The Balaban J connectivity index is 2.28. The third-order valence-electron chi connectivity index (χ3n) is 3.99. The molecule has 20 heavy (non-hydrogen) atoms. The molecule has 0 bridgehead atoms. The van der Waals surface area contributed by atoms with Crippen molar-refractivity contribution in [1.82, 2.24) is 9.55 Å². The zero-order valence-corrected chi connectivity index (χ0v) is 12.3. The molecule has 1 saturated carbocycles. The van der Waals surface area contributed by atoms with E-state index in [9.17, 15) is 9.90 Å². The molecule has 0 unspecified atom stereocenters. The van der Waals surface area contributed by atoms with Crippen LogP contribution >= 0.6 is 0 Å². The number of aliphatic hydroxyl groups is 1. The first-order valence-electron chi connectivity index (χ1n) is 7.71. The van der Waals surface area contributed by atoms with Crippen LogP contribution in [0.1, 0.15) is 45.4 Å². The van der Waals surface area contributed by atoms with Gasteiger partial charge >= 0.3 is 0 Å². The molecule has 1 heterocycles. The predicted octanol–water partition coefficient (Wildman–Crippen LogP) is 1.78. The lowest BCUT2D eigenvalue weighted by molar-refractivity contribution is 0.289. The summed E-state index contributed by atoms with van der Waals surface area (Å²) in [6.07, 6.45) is 10.2. The highest BCUT2D eigenvalue weighted by molar-refractivity contribution is 5.37. The molecule has 0 spiro atoms. The quantitative estimate of drug-likeness (QED) is 0.862. The van der Waals surface area contributed by atoms with Crippen LogP contribution < -0.4 is 10.5 Å². The molecular weight excluding hydrogens is 254 g/mol. The number of hydrogen-bond acceptors (Lipinski definition) is 4. The monoisotopic (exact) mass is 279 g/mol. The maximum atomic E-state index is 12.5. The second-order valence-corrected chi connectivity index (χ2v) is 5.46. The van der Waals surface area contributed by atoms with Crippen molar-refractivity contribution in [3.8, 4) is 0 Å². The second kappa shape index (κ2) is 7.43. The summed E-state index contributed by atoms with van der Waals surface area (Å²) >= 11 is 0. The predicted molar refractivity (Wildman–Crippen MR) is 80.1 cm³/mol. The Labute approximate surface area is 120 Å². The average molecular weight is 279 g/mol. The van der Waals surface area contributed by atoms with Crippen LogP contribution in [0.3, 0.4) is 0 Å². The van der Waals surface area contributed by atoms with Crippen LogP contribution in [0.4, 0.5) is 5.82 Å². The van der Waals surface area contributed by atoms with Crippen LogP contribution in [0.25, 0.3) is 0 Å². The Morgan fingerprint density at radius 1 is 1.40 bits per heavy atom. The van der Waals surface area contributed by atoms with Crippen LogP contribution in [0.5, 0.6) is 0 Å². The maximum Gasteiger partial charge on any atom is 0.293 e. The third kappa shape index (κ3) is 3.39. The van der Waals surface area contributed by atoms with Crippen molar-refractivity contribution in [2.75, 3.05) is 18.1 Å².